The van der Waals surface area contributed by atoms with Crippen molar-refractivity contribution in [1.29, 1.82) is 0 Å². The quantitative estimate of drug-likeness (QED) is 0.441. The number of fused-ring (bicyclic) bond motifs is 1. The minimum absolute atomic E-state index is 0.216. The Morgan fingerprint density at radius 2 is 1.94 bits per heavy atom. The zero-order valence-corrected chi connectivity index (χ0v) is 18.6. The van der Waals surface area contributed by atoms with Gasteiger partial charge in [0.15, 0.2) is 0 Å². The van der Waals surface area contributed by atoms with Crippen molar-refractivity contribution in [2.24, 2.45) is 0 Å². The molecule has 0 aliphatic heterocycles. The Bertz CT molecular complexity index is 1060. The minimum Gasteiger partial charge on any atom is -0.439 e. The van der Waals surface area contributed by atoms with Crippen LogP contribution in [0, 0.1) is 0 Å². The number of amides is 3. The Morgan fingerprint density at radius 3 is 2.69 bits per heavy atom. The second-order valence-corrected chi connectivity index (χ2v) is 7.07. The monoisotopic (exact) mass is 439 g/mol. The van der Waals surface area contributed by atoms with Gasteiger partial charge < -0.3 is 20.3 Å². The Hall–Kier alpha value is -3.66. The summed E-state index contributed by atoms with van der Waals surface area (Å²) < 4.78 is 7.34. The zero-order valence-electron chi connectivity index (χ0n) is 18.6. The largest absolute Gasteiger partial charge is 0.439 e. The van der Waals surface area contributed by atoms with E-state index in [0.717, 1.165) is 37.0 Å². The molecular weight excluding hydrogens is 410 g/mol. The van der Waals surface area contributed by atoms with E-state index < -0.39 is 0 Å². The van der Waals surface area contributed by atoms with Crippen molar-refractivity contribution in [1.82, 2.24) is 30.1 Å². The van der Waals surface area contributed by atoms with Gasteiger partial charge in [0.05, 0.1) is 5.52 Å². The van der Waals surface area contributed by atoms with E-state index in [2.05, 4.69) is 44.7 Å². The summed E-state index contributed by atoms with van der Waals surface area (Å²) in [6.07, 6.45) is 3.89. The van der Waals surface area contributed by atoms with Crippen molar-refractivity contribution in [3.05, 3.63) is 42.9 Å². The first-order valence-electron chi connectivity index (χ1n) is 10.6. The van der Waals surface area contributed by atoms with Gasteiger partial charge >= 0.3 is 12.1 Å². The Labute approximate surface area is 187 Å². The van der Waals surface area contributed by atoms with Crippen molar-refractivity contribution < 1.29 is 14.3 Å². The van der Waals surface area contributed by atoms with Crippen LogP contribution in [0.25, 0.3) is 10.9 Å². The summed E-state index contributed by atoms with van der Waals surface area (Å²) >= 11 is 0. The predicted octanol–water partition coefficient (Wildman–Crippen LogP) is 3.26. The van der Waals surface area contributed by atoms with Gasteiger partial charge in [-0.05, 0) is 50.3 Å². The molecule has 2 heterocycles. The molecule has 0 atom stereocenters. The van der Waals surface area contributed by atoms with E-state index in [-0.39, 0.29) is 12.1 Å². The van der Waals surface area contributed by atoms with Gasteiger partial charge in [0.1, 0.15) is 17.9 Å². The van der Waals surface area contributed by atoms with Crippen molar-refractivity contribution in [2.75, 3.05) is 38.5 Å². The summed E-state index contributed by atoms with van der Waals surface area (Å²) in [5.41, 5.74) is 0.763. The molecule has 10 heteroatoms. The highest BCUT2D eigenvalue weighted by Gasteiger charge is 2.10. The van der Waals surface area contributed by atoms with E-state index in [4.69, 9.17) is 4.74 Å². The summed E-state index contributed by atoms with van der Waals surface area (Å²) in [5, 5.41) is 8.97. The van der Waals surface area contributed by atoms with Gasteiger partial charge in [0, 0.05) is 31.2 Å². The standard InChI is InChI=1S/C22H29N7O3/c1-4-28(5-2)11-6-10-24-21(30)27-19-14-20(26-15-25-19)32-17-7-8-18-16(13-17)9-12-29(18)22(31)23-3/h7-9,12-15H,4-6,10-11H2,1-3H3,(H,23,31)(H2,24,25,26,27,30). The fourth-order valence-corrected chi connectivity index (χ4v) is 3.27. The van der Waals surface area contributed by atoms with Crippen LogP contribution in [-0.4, -0.2) is 64.7 Å². The van der Waals surface area contributed by atoms with Crippen LogP contribution in [0.5, 0.6) is 11.6 Å². The average Bonchev–Trinajstić information content (AvgIpc) is 3.22. The van der Waals surface area contributed by atoms with Gasteiger partial charge in [-0.1, -0.05) is 13.8 Å². The number of carbonyl (C=O) groups is 2. The van der Waals surface area contributed by atoms with Crippen LogP contribution >= 0.6 is 0 Å². The molecule has 3 rings (SSSR count). The van der Waals surface area contributed by atoms with Crippen LogP contribution in [0.15, 0.2) is 42.9 Å². The van der Waals surface area contributed by atoms with Crippen LogP contribution < -0.4 is 20.7 Å². The van der Waals surface area contributed by atoms with Crippen LogP contribution in [0.4, 0.5) is 15.4 Å². The number of hydrogen-bond donors (Lipinski definition) is 3. The Kier molecular flexibility index (Phi) is 7.98. The molecule has 3 amide bonds. The van der Waals surface area contributed by atoms with Gasteiger partial charge in [0.2, 0.25) is 5.88 Å². The summed E-state index contributed by atoms with van der Waals surface area (Å²) in [6.45, 7) is 7.76. The van der Waals surface area contributed by atoms with Crippen molar-refractivity contribution in [3.8, 4) is 11.6 Å². The van der Waals surface area contributed by atoms with E-state index in [9.17, 15) is 9.59 Å². The van der Waals surface area contributed by atoms with Crippen LogP contribution in [0.2, 0.25) is 0 Å². The highest BCUT2D eigenvalue weighted by Crippen LogP contribution is 2.26. The van der Waals surface area contributed by atoms with Crippen molar-refractivity contribution in [3.63, 3.8) is 0 Å². The molecule has 0 spiro atoms. The Balaban J connectivity index is 1.56. The third-order valence-electron chi connectivity index (χ3n) is 5.03. The molecule has 0 saturated heterocycles. The molecule has 0 radical (unpaired) electrons. The first-order valence-corrected chi connectivity index (χ1v) is 10.6. The summed E-state index contributed by atoms with van der Waals surface area (Å²) in [5.74, 6) is 1.18. The van der Waals surface area contributed by atoms with E-state index in [0.29, 0.717) is 24.0 Å². The van der Waals surface area contributed by atoms with Crippen LogP contribution in [0.3, 0.4) is 0 Å². The molecule has 0 aliphatic rings. The number of nitrogens with one attached hydrogen (secondary N) is 3. The summed E-state index contributed by atoms with van der Waals surface area (Å²) in [6, 6.07) is 8.19. The maximum absolute atomic E-state index is 12.1. The minimum atomic E-state index is -0.328. The third-order valence-corrected chi connectivity index (χ3v) is 5.03. The van der Waals surface area contributed by atoms with Gasteiger partial charge in [-0.15, -0.1) is 0 Å². The smallest absolute Gasteiger partial charge is 0.325 e. The van der Waals surface area contributed by atoms with E-state index in [1.54, 1.807) is 31.4 Å². The molecule has 32 heavy (non-hydrogen) atoms. The molecule has 0 unspecified atom stereocenters. The molecule has 2 aromatic heterocycles. The lowest BCUT2D eigenvalue weighted by Crippen LogP contribution is -2.32. The zero-order chi connectivity index (χ0) is 22.9. The van der Waals surface area contributed by atoms with Gasteiger partial charge in [0.25, 0.3) is 0 Å². The van der Waals surface area contributed by atoms with Gasteiger partial charge in [-0.2, -0.15) is 0 Å². The SMILES string of the molecule is CCN(CC)CCCNC(=O)Nc1cc(Oc2ccc3c(ccn3C(=O)NC)c2)ncn1. The molecule has 0 saturated carbocycles. The number of urea groups is 1. The highest BCUT2D eigenvalue weighted by molar-refractivity contribution is 5.92. The molecule has 170 valence electrons. The van der Waals surface area contributed by atoms with Crippen LogP contribution in [0.1, 0.15) is 20.3 Å². The van der Waals surface area contributed by atoms with E-state index in [1.807, 2.05) is 12.1 Å². The topological polar surface area (TPSA) is 113 Å². The molecule has 1 aromatic carbocycles. The number of carbonyl (C=O) groups excluding carboxylic acids is 2. The number of ether oxygens (including phenoxy) is 1. The maximum Gasteiger partial charge on any atom is 0.325 e. The average molecular weight is 440 g/mol. The number of anilines is 1. The molecule has 0 aliphatic carbocycles. The predicted molar refractivity (Wildman–Crippen MR) is 123 cm³/mol. The molecule has 0 bridgehead atoms. The number of aromatic nitrogens is 3. The highest BCUT2D eigenvalue weighted by atomic mass is 16.5. The summed E-state index contributed by atoms with van der Waals surface area (Å²) in [7, 11) is 1.58. The Morgan fingerprint density at radius 1 is 1.12 bits per heavy atom. The number of benzene rings is 1. The number of rotatable bonds is 9. The molecule has 3 N–H and O–H groups in total. The van der Waals surface area contributed by atoms with E-state index >= 15 is 0 Å². The van der Waals surface area contributed by atoms with Crippen LogP contribution in [-0.2, 0) is 0 Å². The second-order valence-electron chi connectivity index (χ2n) is 7.07. The van der Waals surface area contributed by atoms with E-state index in [1.165, 1.54) is 10.9 Å². The third kappa shape index (κ3) is 5.94. The van der Waals surface area contributed by atoms with Crippen molar-refractivity contribution >= 4 is 28.8 Å². The second kappa shape index (κ2) is 11.1. The molecule has 3 aromatic rings. The van der Waals surface area contributed by atoms with Gasteiger partial charge in [-0.3, -0.25) is 9.88 Å². The normalized spacial score (nSPS) is 10.9. The molecular formula is C22H29N7O3. The fraction of sp³-hybridized carbons (Fsp3) is 0.364. The van der Waals surface area contributed by atoms with Gasteiger partial charge in [-0.25, -0.2) is 19.6 Å². The lowest BCUT2D eigenvalue weighted by Gasteiger charge is -2.17. The number of hydrogen-bond acceptors (Lipinski definition) is 6. The number of nitrogens with zero attached hydrogens (tertiary/aromatic N) is 4. The first-order chi connectivity index (χ1) is 15.5. The maximum atomic E-state index is 12.1. The van der Waals surface area contributed by atoms with Crippen molar-refractivity contribution in [2.45, 2.75) is 20.3 Å². The lowest BCUT2D eigenvalue weighted by molar-refractivity contribution is 0.245. The first kappa shape index (κ1) is 23.0. The molecule has 10 nitrogen and oxygen atoms in total. The molecule has 0 fully saturated rings. The fourth-order valence-electron chi connectivity index (χ4n) is 3.27. The summed E-state index contributed by atoms with van der Waals surface area (Å²) in [4.78, 5) is 34.5. The lowest BCUT2D eigenvalue weighted by atomic mass is 10.2.